The molecule has 0 spiro atoms. The molecule has 2 aliphatic rings. The number of aryl methyl sites for hydroxylation is 1. The van der Waals surface area contributed by atoms with E-state index in [4.69, 9.17) is 4.74 Å². The number of benzene rings is 1. The molecule has 0 saturated carbocycles. The summed E-state index contributed by atoms with van der Waals surface area (Å²) in [6.45, 7) is 3.65. The Morgan fingerprint density at radius 1 is 1.42 bits per heavy atom. The first kappa shape index (κ1) is 12.7. The number of nitrogens with one attached hydrogen (secondary N) is 1. The highest BCUT2D eigenvalue weighted by molar-refractivity contribution is 5.77. The highest BCUT2D eigenvalue weighted by Crippen LogP contribution is 2.35. The van der Waals surface area contributed by atoms with Gasteiger partial charge in [0.2, 0.25) is 0 Å². The fourth-order valence-corrected chi connectivity index (χ4v) is 3.09. The lowest BCUT2D eigenvalue weighted by molar-refractivity contribution is -0.160. The van der Waals surface area contributed by atoms with Gasteiger partial charge in [0.1, 0.15) is 6.10 Å². The lowest BCUT2D eigenvalue weighted by atomic mass is 9.87. The highest BCUT2D eigenvalue weighted by atomic mass is 16.5. The maximum atomic E-state index is 12.4. The second-order valence-corrected chi connectivity index (χ2v) is 5.97. The monoisotopic (exact) mass is 259 g/mol. The molecule has 102 valence electrons. The minimum atomic E-state index is -0.341. The smallest absolute Gasteiger partial charge is 0.313 e. The van der Waals surface area contributed by atoms with Crippen LogP contribution in [0.25, 0.3) is 0 Å². The Balaban J connectivity index is 1.76. The zero-order chi connectivity index (χ0) is 13.3. The van der Waals surface area contributed by atoms with Crippen molar-refractivity contribution in [3.8, 4) is 0 Å². The summed E-state index contributed by atoms with van der Waals surface area (Å²) >= 11 is 0. The highest BCUT2D eigenvalue weighted by Gasteiger charge is 2.39. The maximum absolute atomic E-state index is 12.4. The van der Waals surface area contributed by atoms with E-state index in [1.807, 2.05) is 13.0 Å². The standard InChI is InChI=1S/C16H21NO2/c1-16(9-10-17-11-16)15(18)19-14-8-4-6-12-5-2-3-7-13(12)14/h2-3,5,7,14,17H,4,6,8-11H2,1H3. The van der Waals surface area contributed by atoms with E-state index in [1.165, 1.54) is 11.1 Å². The van der Waals surface area contributed by atoms with Gasteiger partial charge in [0.15, 0.2) is 0 Å². The van der Waals surface area contributed by atoms with Gasteiger partial charge in [0.25, 0.3) is 0 Å². The quantitative estimate of drug-likeness (QED) is 0.830. The lowest BCUT2D eigenvalue weighted by Gasteiger charge is -2.29. The van der Waals surface area contributed by atoms with Gasteiger partial charge in [-0.05, 0) is 50.3 Å². The van der Waals surface area contributed by atoms with Crippen LogP contribution in [0.15, 0.2) is 24.3 Å². The molecule has 3 heteroatoms. The molecule has 1 N–H and O–H groups in total. The lowest BCUT2D eigenvalue weighted by Crippen LogP contribution is -2.33. The van der Waals surface area contributed by atoms with Gasteiger partial charge in [-0.25, -0.2) is 0 Å². The Morgan fingerprint density at radius 3 is 3.05 bits per heavy atom. The molecule has 1 aromatic rings. The third kappa shape index (κ3) is 2.39. The minimum Gasteiger partial charge on any atom is -0.457 e. The first-order valence-corrected chi connectivity index (χ1v) is 7.19. The average molecular weight is 259 g/mol. The number of carbonyl (C=O) groups is 1. The largest absolute Gasteiger partial charge is 0.457 e. The van der Waals surface area contributed by atoms with Gasteiger partial charge in [-0.15, -0.1) is 0 Å². The predicted molar refractivity (Wildman–Crippen MR) is 73.8 cm³/mol. The van der Waals surface area contributed by atoms with E-state index in [0.717, 1.165) is 38.8 Å². The van der Waals surface area contributed by atoms with E-state index >= 15 is 0 Å². The van der Waals surface area contributed by atoms with Gasteiger partial charge in [-0.1, -0.05) is 24.3 Å². The molecular weight excluding hydrogens is 238 g/mol. The number of hydrogen-bond acceptors (Lipinski definition) is 3. The zero-order valence-corrected chi connectivity index (χ0v) is 11.4. The molecule has 1 saturated heterocycles. The molecule has 1 heterocycles. The van der Waals surface area contributed by atoms with Crippen LogP contribution in [0.4, 0.5) is 0 Å². The predicted octanol–water partition coefficient (Wildman–Crippen LogP) is 2.61. The van der Waals surface area contributed by atoms with Crippen molar-refractivity contribution >= 4 is 5.97 Å². The molecule has 0 bridgehead atoms. The van der Waals surface area contributed by atoms with E-state index in [2.05, 4.69) is 23.5 Å². The molecule has 1 fully saturated rings. The van der Waals surface area contributed by atoms with Crippen molar-refractivity contribution < 1.29 is 9.53 Å². The van der Waals surface area contributed by atoms with Crippen LogP contribution in [-0.4, -0.2) is 19.1 Å². The summed E-state index contributed by atoms with van der Waals surface area (Å²) in [7, 11) is 0. The van der Waals surface area contributed by atoms with Gasteiger partial charge < -0.3 is 10.1 Å². The fraction of sp³-hybridized carbons (Fsp3) is 0.562. The van der Waals surface area contributed by atoms with E-state index in [0.29, 0.717) is 0 Å². The van der Waals surface area contributed by atoms with E-state index in [-0.39, 0.29) is 17.5 Å². The summed E-state index contributed by atoms with van der Waals surface area (Å²) in [6, 6.07) is 8.34. The van der Waals surface area contributed by atoms with E-state index in [9.17, 15) is 4.79 Å². The van der Waals surface area contributed by atoms with Gasteiger partial charge >= 0.3 is 5.97 Å². The first-order chi connectivity index (χ1) is 9.19. The van der Waals surface area contributed by atoms with Crippen molar-refractivity contribution in [2.45, 2.75) is 38.7 Å². The number of hydrogen-bond donors (Lipinski definition) is 1. The van der Waals surface area contributed by atoms with Crippen molar-refractivity contribution in [1.29, 1.82) is 0 Å². The minimum absolute atomic E-state index is 0.0424. The Hall–Kier alpha value is -1.35. The van der Waals surface area contributed by atoms with E-state index < -0.39 is 0 Å². The summed E-state index contributed by atoms with van der Waals surface area (Å²) in [5.74, 6) is -0.0424. The Labute approximate surface area is 114 Å². The average Bonchev–Trinajstić information content (AvgIpc) is 2.87. The SMILES string of the molecule is CC1(C(=O)OC2CCCc3ccccc32)CCNC1. The van der Waals surface area contributed by atoms with Gasteiger partial charge in [0.05, 0.1) is 5.41 Å². The molecule has 2 atom stereocenters. The molecule has 1 aromatic carbocycles. The van der Waals surface area contributed by atoms with Crippen molar-refractivity contribution in [3.63, 3.8) is 0 Å². The number of fused-ring (bicyclic) bond motifs is 1. The second-order valence-electron chi connectivity index (χ2n) is 5.97. The molecule has 0 amide bonds. The zero-order valence-electron chi connectivity index (χ0n) is 11.4. The topological polar surface area (TPSA) is 38.3 Å². The Morgan fingerprint density at radius 2 is 2.26 bits per heavy atom. The van der Waals surface area contributed by atoms with Crippen LogP contribution in [0, 0.1) is 5.41 Å². The van der Waals surface area contributed by atoms with Crippen LogP contribution < -0.4 is 5.32 Å². The Bertz CT molecular complexity index is 477. The first-order valence-electron chi connectivity index (χ1n) is 7.19. The molecule has 3 nitrogen and oxygen atoms in total. The van der Waals surface area contributed by atoms with Gasteiger partial charge in [-0.2, -0.15) is 0 Å². The number of esters is 1. The van der Waals surface area contributed by atoms with Crippen molar-refractivity contribution in [3.05, 3.63) is 35.4 Å². The maximum Gasteiger partial charge on any atom is 0.313 e. The summed E-state index contributed by atoms with van der Waals surface area (Å²) in [5.41, 5.74) is 2.20. The normalized spacial score (nSPS) is 29.8. The summed E-state index contributed by atoms with van der Waals surface area (Å²) in [5, 5.41) is 3.25. The van der Waals surface area contributed by atoms with Crippen LogP contribution in [0.1, 0.15) is 43.4 Å². The number of ether oxygens (including phenoxy) is 1. The number of carbonyl (C=O) groups excluding carboxylic acids is 1. The number of rotatable bonds is 2. The molecule has 1 aliphatic heterocycles. The third-order valence-electron chi connectivity index (χ3n) is 4.43. The molecule has 0 radical (unpaired) electrons. The third-order valence-corrected chi connectivity index (χ3v) is 4.43. The van der Waals surface area contributed by atoms with Crippen molar-refractivity contribution in [2.75, 3.05) is 13.1 Å². The molecule has 0 aromatic heterocycles. The van der Waals surface area contributed by atoms with Crippen LogP contribution in [-0.2, 0) is 16.0 Å². The van der Waals surface area contributed by atoms with Crippen molar-refractivity contribution in [2.24, 2.45) is 5.41 Å². The van der Waals surface area contributed by atoms with Crippen LogP contribution in [0.5, 0.6) is 0 Å². The molecule has 2 unspecified atom stereocenters. The summed E-state index contributed by atoms with van der Waals surface area (Å²) in [6.07, 6.45) is 3.98. The van der Waals surface area contributed by atoms with Crippen LogP contribution in [0.3, 0.4) is 0 Å². The van der Waals surface area contributed by atoms with Crippen LogP contribution in [0.2, 0.25) is 0 Å². The molecule has 1 aliphatic carbocycles. The van der Waals surface area contributed by atoms with Gasteiger partial charge in [-0.3, -0.25) is 4.79 Å². The second kappa shape index (κ2) is 4.97. The fourth-order valence-electron chi connectivity index (χ4n) is 3.09. The summed E-state index contributed by atoms with van der Waals surface area (Å²) in [4.78, 5) is 12.4. The Kier molecular flexibility index (Phi) is 3.31. The molecular formula is C16H21NO2. The van der Waals surface area contributed by atoms with Crippen LogP contribution >= 0.6 is 0 Å². The van der Waals surface area contributed by atoms with E-state index in [1.54, 1.807) is 0 Å². The molecule has 3 rings (SSSR count). The van der Waals surface area contributed by atoms with Crippen molar-refractivity contribution in [1.82, 2.24) is 5.32 Å². The summed E-state index contributed by atoms with van der Waals surface area (Å²) < 4.78 is 5.83. The van der Waals surface area contributed by atoms with Gasteiger partial charge in [0, 0.05) is 6.54 Å². The molecule has 19 heavy (non-hydrogen) atoms.